The van der Waals surface area contributed by atoms with Crippen molar-refractivity contribution in [3.63, 3.8) is 0 Å². The number of fused-ring (bicyclic) bond motifs is 1. The van der Waals surface area contributed by atoms with Crippen molar-refractivity contribution in [2.24, 2.45) is 0 Å². The van der Waals surface area contributed by atoms with Crippen LogP contribution in [0.4, 0.5) is 5.69 Å². The Morgan fingerprint density at radius 2 is 1.75 bits per heavy atom. The zero-order chi connectivity index (χ0) is 22.4. The minimum absolute atomic E-state index is 0.228. The molecule has 1 aliphatic heterocycles. The van der Waals surface area contributed by atoms with Crippen molar-refractivity contribution in [2.75, 3.05) is 5.32 Å². The van der Waals surface area contributed by atoms with Crippen molar-refractivity contribution in [1.29, 1.82) is 0 Å². The molecular formula is C24H18N4O3S. The number of aromatic carboxylic acids is 1. The second-order valence-corrected chi connectivity index (χ2v) is 8.50. The van der Waals surface area contributed by atoms with Gasteiger partial charge in [0.15, 0.2) is 0 Å². The molecule has 0 saturated carbocycles. The largest absolute Gasteiger partial charge is 0.478 e. The van der Waals surface area contributed by atoms with Gasteiger partial charge in [-0.15, -0.1) is 10.2 Å². The lowest BCUT2D eigenvalue weighted by Crippen LogP contribution is -2.03. The fourth-order valence-corrected chi connectivity index (χ4v) is 4.73. The number of carbonyl (C=O) groups excluding carboxylic acids is 1. The number of anilines is 1. The van der Waals surface area contributed by atoms with Gasteiger partial charge in [0, 0.05) is 33.8 Å². The number of aromatic amines is 1. The summed E-state index contributed by atoms with van der Waals surface area (Å²) >= 11 is 1.48. The summed E-state index contributed by atoms with van der Waals surface area (Å²) in [7, 11) is 0. The Morgan fingerprint density at radius 1 is 1.03 bits per heavy atom. The smallest absolute Gasteiger partial charge is 0.337 e. The first-order valence-corrected chi connectivity index (χ1v) is 10.7. The highest BCUT2D eigenvalue weighted by Crippen LogP contribution is 2.38. The summed E-state index contributed by atoms with van der Waals surface area (Å²) in [5.41, 5.74) is 5.75. The summed E-state index contributed by atoms with van der Waals surface area (Å²) < 4.78 is 0. The number of carbonyl (C=O) groups is 2. The minimum Gasteiger partial charge on any atom is -0.478 e. The Bertz CT molecular complexity index is 1420. The van der Waals surface area contributed by atoms with Crippen LogP contribution in [0.25, 0.3) is 32.8 Å². The molecule has 3 N–H and O–H groups in total. The molecule has 7 nitrogen and oxygen atoms in total. The molecule has 158 valence electrons. The maximum absolute atomic E-state index is 12.7. The number of carboxylic acids is 1. The third kappa shape index (κ3) is 3.30. The molecule has 8 heteroatoms. The highest BCUT2D eigenvalue weighted by Gasteiger charge is 2.26. The van der Waals surface area contributed by atoms with Crippen LogP contribution in [0.15, 0.2) is 48.5 Å². The standard InChI is InChI=1S/C24H18N4O3S/c1-12-19(25-13(2)20(12)24(30)31)11-17-16-10-15(8-9-18(16)26-21(17)29)23-28-27-22(32-23)14-6-4-3-5-7-14/h3-11,25H,1-2H3,(H,26,29)(H,30,31)/b17-11-. The van der Waals surface area contributed by atoms with Gasteiger partial charge in [0.2, 0.25) is 0 Å². The lowest BCUT2D eigenvalue weighted by Gasteiger charge is -2.02. The number of H-pyrrole nitrogens is 1. The van der Waals surface area contributed by atoms with Gasteiger partial charge in [0.25, 0.3) is 5.91 Å². The van der Waals surface area contributed by atoms with E-state index in [9.17, 15) is 14.7 Å². The molecule has 1 aliphatic rings. The molecule has 0 saturated heterocycles. The number of carboxylic acid groups (broad SMARTS) is 1. The van der Waals surface area contributed by atoms with E-state index in [-0.39, 0.29) is 11.5 Å². The summed E-state index contributed by atoms with van der Waals surface area (Å²) in [4.78, 5) is 27.3. The van der Waals surface area contributed by atoms with Crippen LogP contribution >= 0.6 is 11.3 Å². The summed E-state index contributed by atoms with van der Waals surface area (Å²) in [5, 5.41) is 22.5. The van der Waals surface area contributed by atoms with E-state index < -0.39 is 5.97 Å². The highest BCUT2D eigenvalue weighted by molar-refractivity contribution is 7.17. The van der Waals surface area contributed by atoms with Crippen LogP contribution in [0, 0.1) is 13.8 Å². The first-order chi connectivity index (χ1) is 15.4. The van der Waals surface area contributed by atoms with Crippen molar-refractivity contribution in [3.8, 4) is 21.1 Å². The second-order valence-electron chi connectivity index (χ2n) is 7.52. The van der Waals surface area contributed by atoms with Crippen molar-refractivity contribution in [2.45, 2.75) is 13.8 Å². The van der Waals surface area contributed by atoms with Gasteiger partial charge < -0.3 is 15.4 Å². The average Bonchev–Trinajstić information content (AvgIpc) is 3.45. The third-order valence-electron chi connectivity index (χ3n) is 5.47. The van der Waals surface area contributed by atoms with Gasteiger partial charge in [-0.25, -0.2) is 4.79 Å². The SMILES string of the molecule is Cc1[nH]c(/C=C2\C(=O)Nc3ccc(-c4nnc(-c5ccccc5)s4)cc32)c(C)c1C(=O)O. The van der Waals surface area contributed by atoms with Crippen LogP contribution in [-0.4, -0.2) is 32.2 Å². The van der Waals surface area contributed by atoms with Crippen LogP contribution in [0.3, 0.4) is 0 Å². The van der Waals surface area contributed by atoms with Crippen LogP contribution in [0.5, 0.6) is 0 Å². The predicted octanol–water partition coefficient (Wildman–Crippen LogP) is 5.01. The molecule has 0 unspecified atom stereocenters. The second kappa shape index (κ2) is 7.58. The Labute approximate surface area is 187 Å². The number of nitrogens with zero attached hydrogens (tertiary/aromatic N) is 2. The van der Waals surface area contributed by atoms with Crippen molar-refractivity contribution in [3.05, 3.63) is 76.6 Å². The number of aromatic nitrogens is 3. The van der Waals surface area contributed by atoms with Crippen molar-refractivity contribution >= 4 is 40.5 Å². The Balaban J connectivity index is 1.55. The van der Waals surface area contributed by atoms with E-state index in [0.29, 0.717) is 28.2 Å². The Kier molecular flexibility index (Phi) is 4.71. The van der Waals surface area contributed by atoms with Crippen LogP contribution in [0.2, 0.25) is 0 Å². The van der Waals surface area contributed by atoms with Crippen molar-refractivity contribution < 1.29 is 14.7 Å². The van der Waals surface area contributed by atoms with E-state index in [2.05, 4.69) is 20.5 Å². The van der Waals surface area contributed by atoms with E-state index in [1.54, 1.807) is 19.9 Å². The maximum atomic E-state index is 12.7. The highest BCUT2D eigenvalue weighted by atomic mass is 32.1. The van der Waals surface area contributed by atoms with E-state index in [0.717, 1.165) is 26.7 Å². The first kappa shape index (κ1) is 19.9. The fourth-order valence-electron chi connectivity index (χ4n) is 3.89. The molecular weight excluding hydrogens is 424 g/mol. The van der Waals surface area contributed by atoms with E-state index >= 15 is 0 Å². The Hall–Kier alpha value is -4.04. The van der Waals surface area contributed by atoms with Crippen LogP contribution in [-0.2, 0) is 4.79 Å². The molecule has 0 atom stereocenters. The summed E-state index contributed by atoms with van der Waals surface area (Å²) in [6.45, 7) is 3.44. The van der Waals surface area contributed by atoms with E-state index in [1.165, 1.54) is 11.3 Å². The van der Waals surface area contributed by atoms with Gasteiger partial charge in [-0.05, 0) is 43.7 Å². The summed E-state index contributed by atoms with van der Waals surface area (Å²) in [5.74, 6) is -1.23. The molecule has 1 amide bonds. The molecule has 5 rings (SSSR count). The number of aryl methyl sites for hydroxylation is 1. The van der Waals surface area contributed by atoms with Gasteiger partial charge in [-0.2, -0.15) is 0 Å². The molecule has 3 heterocycles. The first-order valence-electron chi connectivity index (χ1n) is 9.91. The third-order valence-corrected chi connectivity index (χ3v) is 6.50. The molecule has 2 aromatic carbocycles. The molecule has 0 aliphatic carbocycles. The fraction of sp³-hybridized carbons (Fsp3) is 0.0833. The molecule has 32 heavy (non-hydrogen) atoms. The van der Waals surface area contributed by atoms with Crippen molar-refractivity contribution in [1.82, 2.24) is 15.2 Å². The van der Waals surface area contributed by atoms with Crippen LogP contribution in [0.1, 0.15) is 32.9 Å². The lowest BCUT2D eigenvalue weighted by atomic mass is 10.0. The minimum atomic E-state index is -0.995. The Morgan fingerprint density at radius 3 is 2.44 bits per heavy atom. The molecule has 2 aromatic heterocycles. The zero-order valence-corrected chi connectivity index (χ0v) is 18.1. The number of benzene rings is 2. The molecule has 0 fully saturated rings. The monoisotopic (exact) mass is 442 g/mol. The topological polar surface area (TPSA) is 108 Å². The molecule has 4 aromatic rings. The number of hydrogen-bond donors (Lipinski definition) is 3. The van der Waals surface area contributed by atoms with Gasteiger partial charge in [-0.3, -0.25) is 4.79 Å². The number of rotatable bonds is 4. The molecule has 0 spiro atoms. The van der Waals surface area contributed by atoms with Gasteiger partial charge in [0.1, 0.15) is 10.0 Å². The van der Waals surface area contributed by atoms with Gasteiger partial charge in [-0.1, -0.05) is 41.7 Å². The van der Waals surface area contributed by atoms with Gasteiger partial charge >= 0.3 is 5.97 Å². The maximum Gasteiger partial charge on any atom is 0.337 e. The normalized spacial score (nSPS) is 13.9. The molecule has 0 bridgehead atoms. The van der Waals surface area contributed by atoms with Crippen LogP contribution < -0.4 is 5.32 Å². The average molecular weight is 443 g/mol. The van der Waals surface area contributed by atoms with E-state index in [1.807, 2.05) is 48.5 Å². The summed E-state index contributed by atoms with van der Waals surface area (Å²) in [6, 6.07) is 15.5. The number of nitrogens with one attached hydrogen (secondary N) is 2. The lowest BCUT2D eigenvalue weighted by molar-refractivity contribution is -0.110. The molecule has 0 radical (unpaired) electrons. The number of amides is 1. The quantitative estimate of drug-likeness (QED) is 0.385. The van der Waals surface area contributed by atoms with E-state index in [4.69, 9.17) is 0 Å². The summed E-state index contributed by atoms with van der Waals surface area (Å²) in [6.07, 6.45) is 1.70. The van der Waals surface area contributed by atoms with Gasteiger partial charge in [0.05, 0.1) is 11.1 Å². The predicted molar refractivity (Wildman–Crippen MR) is 125 cm³/mol. The zero-order valence-electron chi connectivity index (χ0n) is 17.3. The number of hydrogen-bond acceptors (Lipinski definition) is 5.